The van der Waals surface area contributed by atoms with Crippen molar-refractivity contribution in [1.29, 1.82) is 0 Å². The van der Waals surface area contributed by atoms with Gasteiger partial charge in [0.25, 0.3) is 0 Å². The highest BCUT2D eigenvalue weighted by atomic mass is 28.3. The zero-order chi connectivity index (χ0) is 38.0. The maximum Gasteiger partial charge on any atom is 0.247 e. The normalized spacial score (nSPS) is 15.1. The van der Waals surface area contributed by atoms with E-state index in [4.69, 9.17) is 0 Å². The van der Waals surface area contributed by atoms with Crippen molar-refractivity contribution >= 4 is 69.0 Å². The summed E-state index contributed by atoms with van der Waals surface area (Å²) in [7, 11) is -2.83. The zero-order valence-electron chi connectivity index (χ0n) is 31.8. The Morgan fingerprint density at radius 2 is 0.914 bits per heavy atom. The van der Waals surface area contributed by atoms with E-state index in [1.807, 2.05) is 0 Å². The molecule has 0 saturated carbocycles. The molecule has 0 amide bonds. The number of nitrogens with zero attached hydrogens (tertiary/aromatic N) is 1. The molecule has 1 spiro atoms. The first-order valence-corrected chi connectivity index (χ1v) is 22.5. The monoisotopic (exact) mass is 749 g/mol. The molecular weight excluding hydrogens is 714 g/mol. The molecule has 0 aromatic heterocycles. The van der Waals surface area contributed by atoms with Gasteiger partial charge in [-0.3, -0.25) is 0 Å². The molecule has 1 nitrogen and oxygen atoms in total. The summed E-state index contributed by atoms with van der Waals surface area (Å²) in [5.74, 6) is 0. The third-order valence-corrected chi connectivity index (χ3v) is 18.6. The molecule has 0 unspecified atom stereocenters. The van der Waals surface area contributed by atoms with E-state index in [2.05, 4.69) is 223 Å². The van der Waals surface area contributed by atoms with Crippen LogP contribution in [0.4, 0.5) is 17.1 Å². The Balaban J connectivity index is 1.23. The molecule has 4 aliphatic rings. The predicted octanol–water partition coefficient (Wildman–Crippen LogP) is 8.02. The highest BCUT2D eigenvalue weighted by Crippen LogP contribution is 2.58. The van der Waals surface area contributed by atoms with Gasteiger partial charge >= 0.3 is 0 Å². The fraction of sp³-hybridized carbons (Fsp3) is 0.0182. The largest absolute Gasteiger partial charge is 0.312 e. The van der Waals surface area contributed by atoms with Crippen molar-refractivity contribution in [1.82, 2.24) is 0 Å². The smallest absolute Gasteiger partial charge is 0.247 e. The number of rotatable bonds is 3. The van der Waals surface area contributed by atoms with Crippen LogP contribution in [0.5, 0.6) is 0 Å². The van der Waals surface area contributed by atoms with Gasteiger partial charge in [0.15, 0.2) is 8.07 Å². The lowest BCUT2D eigenvalue weighted by molar-refractivity contribution is 0.775. The average molecular weight is 750 g/mol. The van der Waals surface area contributed by atoms with E-state index in [1.54, 1.807) is 0 Å². The molecule has 1 aliphatic carbocycles. The highest BCUT2D eigenvalue weighted by Gasteiger charge is 2.57. The first-order valence-electron chi connectivity index (χ1n) is 20.5. The molecular formula is C55H36BNSi. The lowest BCUT2D eigenvalue weighted by atomic mass is 9.29. The Morgan fingerprint density at radius 3 is 1.60 bits per heavy atom. The van der Waals surface area contributed by atoms with Gasteiger partial charge in [-0.15, -0.1) is 0 Å². The molecule has 0 bridgehead atoms. The summed E-state index contributed by atoms with van der Waals surface area (Å²) in [5.41, 5.74) is 18.3. The molecule has 0 atom stereocenters. The zero-order valence-corrected chi connectivity index (χ0v) is 32.8. The molecule has 3 heterocycles. The molecule has 9 aromatic rings. The topological polar surface area (TPSA) is 3.24 Å². The predicted molar refractivity (Wildman–Crippen MR) is 246 cm³/mol. The van der Waals surface area contributed by atoms with Gasteiger partial charge in [-0.1, -0.05) is 206 Å². The second kappa shape index (κ2) is 11.8. The molecule has 3 aliphatic heterocycles. The number of hydrogen-bond acceptors (Lipinski definition) is 1. The summed E-state index contributed by atoms with van der Waals surface area (Å²) in [4.78, 5) is 2.69. The van der Waals surface area contributed by atoms with E-state index in [0.29, 0.717) is 0 Å². The minimum atomic E-state index is -2.83. The van der Waals surface area contributed by atoms with Gasteiger partial charge in [-0.05, 0) is 94.4 Å². The molecule has 9 aromatic carbocycles. The van der Waals surface area contributed by atoms with E-state index in [0.717, 1.165) is 0 Å². The lowest BCUT2D eigenvalue weighted by Crippen LogP contribution is -2.79. The van der Waals surface area contributed by atoms with Gasteiger partial charge in [0.2, 0.25) is 6.71 Å². The van der Waals surface area contributed by atoms with Crippen LogP contribution in [0, 0.1) is 0 Å². The Morgan fingerprint density at radius 1 is 0.379 bits per heavy atom. The molecule has 0 saturated heterocycles. The van der Waals surface area contributed by atoms with Crippen LogP contribution in [-0.2, 0) is 5.41 Å². The Hall–Kier alpha value is -6.94. The lowest BCUT2D eigenvalue weighted by Gasteiger charge is -2.52. The number of para-hydroxylation sites is 2. The van der Waals surface area contributed by atoms with Gasteiger partial charge in [-0.2, -0.15) is 0 Å². The molecule has 0 radical (unpaired) electrons. The fourth-order valence-electron chi connectivity index (χ4n) is 11.8. The quantitative estimate of drug-likeness (QED) is 0.166. The molecule has 58 heavy (non-hydrogen) atoms. The van der Waals surface area contributed by atoms with E-state index in [-0.39, 0.29) is 6.71 Å². The Labute approximate surface area is 340 Å². The van der Waals surface area contributed by atoms with Crippen molar-refractivity contribution in [2.75, 3.05) is 4.90 Å². The van der Waals surface area contributed by atoms with E-state index < -0.39 is 13.5 Å². The average Bonchev–Trinajstić information content (AvgIpc) is 3.60. The van der Waals surface area contributed by atoms with Crippen LogP contribution in [0.1, 0.15) is 22.3 Å². The fourth-order valence-corrected chi connectivity index (χ4v) is 16.9. The Bertz CT molecular complexity index is 3050. The minimum Gasteiger partial charge on any atom is -0.312 e. The first kappa shape index (κ1) is 32.2. The van der Waals surface area contributed by atoms with Crippen molar-refractivity contribution in [3.05, 3.63) is 241 Å². The number of benzene rings is 9. The SMILES string of the molecule is c1ccc(-c2cc3c4c(c2)C2(c5ccccc5B4c4cccc5c4N3c3ccccc3[Si]5(c3ccccc3)c3ccccc3)c3ccccc3-c3ccccc32)cc1. The van der Waals surface area contributed by atoms with Crippen molar-refractivity contribution in [3.63, 3.8) is 0 Å². The third kappa shape index (κ3) is 3.87. The third-order valence-electron chi connectivity index (χ3n) is 13.8. The van der Waals surface area contributed by atoms with Crippen LogP contribution < -0.4 is 42.0 Å². The van der Waals surface area contributed by atoms with Crippen LogP contribution in [-0.4, -0.2) is 14.8 Å². The summed E-state index contributed by atoms with van der Waals surface area (Å²) < 4.78 is 0. The van der Waals surface area contributed by atoms with Crippen molar-refractivity contribution in [2.45, 2.75) is 5.41 Å². The van der Waals surface area contributed by atoms with E-state index in [9.17, 15) is 0 Å². The summed E-state index contributed by atoms with van der Waals surface area (Å²) in [5, 5.41) is 5.70. The minimum absolute atomic E-state index is 0.0475. The van der Waals surface area contributed by atoms with Gasteiger partial charge in [-0.25, -0.2) is 0 Å². The van der Waals surface area contributed by atoms with Crippen LogP contribution in [0.2, 0.25) is 0 Å². The van der Waals surface area contributed by atoms with Crippen LogP contribution in [0.15, 0.2) is 218 Å². The Kier molecular flexibility index (Phi) is 6.55. The molecule has 3 heteroatoms. The molecule has 268 valence electrons. The molecule has 0 N–H and O–H groups in total. The maximum absolute atomic E-state index is 2.83. The summed E-state index contributed by atoms with van der Waals surface area (Å²) in [6, 6.07) is 83.4. The van der Waals surface area contributed by atoms with Crippen molar-refractivity contribution in [2.24, 2.45) is 0 Å². The van der Waals surface area contributed by atoms with Crippen molar-refractivity contribution in [3.8, 4) is 22.3 Å². The number of fused-ring (bicyclic) bond motifs is 13. The summed E-state index contributed by atoms with van der Waals surface area (Å²) in [6.45, 7) is 0.0475. The van der Waals surface area contributed by atoms with Crippen LogP contribution >= 0.6 is 0 Å². The van der Waals surface area contributed by atoms with E-state index >= 15 is 0 Å². The van der Waals surface area contributed by atoms with Crippen LogP contribution in [0.25, 0.3) is 22.3 Å². The number of hydrogen-bond donors (Lipinski definition) is 0. The van der Waals surface area contributed by atoms with Gasteiger partial charge in [0.05, 0.1) is 5.41 Å². The highest BCUT2D eigenvalue weighted by molar-refractivity contribution is 7.22. The van der Waals surface area contributed by atoms with Crippen molar-refractivity contribution < 1.29 is 0 Å². The first-order chi connectivity index (χ1) is 28.8. The molecule has 0 fully saturated rings. The standard InChI is InChI=1S/C55H36BNSi/c1-4-19-37(20-5-1)38-35-46-53-50(36-38)57-49-32-16-17-33-51(49)58(39-21-6-2-7-22-39,40-23-8-3-9-24-40)52-34-18-31-48(54(52)57)56(53)47-30-15-14-29-45(47)55(46)43-27-12-10-25-41(43)42-26-11-13-28-44(42)55/h1-36H. The van der Waals surface area contributed by atoms with Gasteiger partial charge < -0.3 is 4.90 Å². The number of anilines is 3. The molecule has 13 rings (SSSR count). The van der Waals surface area contributed by atoms with Crippen LogP contribution in [0.3, 0.4) is 0 Å². The van der Waals surface area contributed by atoms with Gasteiger partial charge in [0, 0.05) is 17.1 Å². The second-order valence-corrected chi connectivity index (χ2v) is 20.0. The summed E-state index contributed by atoms with van der Waals surface area (Å²) in [6.07, 6.45) is 0. The summed E-state index contributed by atoms with van der Waals surface area (Å²) >= 11 is 0. The maximum atomic E-state index is 2.69. The van der Waals surface area contributed by atoms with E-state index in [1.165, 1.54) is 98.7 Å². The van der Waals surface area contributed by atoms with Gasteiger partial charge in [0.1, 0.15) is 0 Å². The second-order valence-electron chi connectivity index (χ2n) is 16.3.